The summed E-state index contributed by atoms with van der Waals surface area (Å²) in [4.78, 5) is 3.66. The second-order valence-electron chi connectivity index (χ2n) is 4.79. The molecule has 96 valence electrons. The zero-order valence-corrected chi connectivity index (χ0v) is 11.8. The summed E-state index contributed by atoms with van der Waals surface area (Å²) in [7, 11) is 2.12. The van der Waals surface area contributed by atoms with Crippen LogP contribution in [-0.2, 0) is 6.54 Å². The van der Waals surface area contributed by atoms with Crippen molar-refractivity contribution < 1.29 is 0 Å². The Kier molecular flexibility index (Phi) is 4.53. The number of hydrogen-bond donors (Lipinski definition) is 1. The highest BCUT2D eigenvalue weighted by atomic mass is 32.1. The van der Waals surface area contributed by atoms with Crippen molar-refractivity contribution in [2.75, 3.05) is 13.6 Å². The van der Waals surface area contributed by atoms with Crippen LogP contribution >= 0.6 is 11.3 Å². The second kappa shape index (κ2) is 6.14. The smallest absolute Gasteiger partial charge is 0.0424 e. The van der Waals surface area contributed by atoms with E-state index in [1.54, 1.807) is 11.3 Å². The van der Waals surface area contributed by atoms with Crippen LogP contribution in [0, 0.1) is 6.92 Å². The van der Waals surface area contributed by atoms with Crippen LogP contribution in [0.5, 0.6) is 0 Å². The maximum Gasteiger partial charge on any atom is 0.0424 e. The van der Waals surface area contributed by atoms with Crippen LogP contribution < -0.4 is 5.73 Å². The van der Waals surface area contributed by atoms with E-state index in [-0.39, 0.29) is 6.04 Å². The lowest BCUT2D eigenvalue weighted by molar-refractivity contribution is 0.308. The van der Waals surface area contributed by atoms with E-state index >= 15 is 0 Å². The Balaban J connectivity index is 1.90. The third-order valence-electron chi connectivity index (χ3n) is 3.02. The first kappa shape index (κ1) is 13.3. The van der Waals surface area contributed by atoms with Gasteiger partial charge in [-0.2, -0.15) is 0 Å². The Morgan fingerprint density at radius 1 is 1.22 bits per heavy atom. The zero-order chi connectivity index (χ0) is 13.0. The first-order valence-electron chi connectivity index (χ1n) is 6.18. The summed E-state index contributed by atoms with van der Waals surface area (Å²) < 4.78 is 0. The van der Waals surface area contributed by atoms with E-state index in [1.807, 2.05) is 0 Å². The van der Waals surface area contributed by atoms with Crippen LogP contribution in [0.25, 0.3) is 0 Å². The molecule has 0 fully saturated rings. The predicted molar refractivity (Wildman–Crippen MR) is 78.8 cm³/mol. The van der Waals surface area contributed by atoms with E-state index in [0.717, 1.165) is 13.1 Å². The van der Waals surface area contributed by atoms with Crippen molar-refractivity contribution in [2.45, 2.75) is 19.5 Å². The van der Waals surface area contributed by atoms with E-state index in [2.05, 4.69) is 60.6 Å². The molecule has 2 nitrogen and oxygen atoms in total. The van der Waals surface area contributed by atoms with E-state index in [4.69, 9.17) is 5.73 Å². The summed E-state index contributed by atoms with van der Waals surface area (Å²) in [6.07, 6.45) is 0. The molecule has 0 aliphatic carbocycles. The summed E-state index contributed by atoms with van der Waals surface area (Å²) in [6.45, 7) is 3.94. The molecule has 1 atom stereocenters. The van der Waals surface area contributed by atoms with Gasteiger partial charge >= 0.3 is 0 Å². The molecule has 2 aromatic rings. The minimum atomic E-state index is 0.0792. The molecule has 0 radical (unpaired) electrons. The lowest BCUT2D eigenvalue weighted by Crippen LogP contribution is -2.28. The average Bonchev–Trinajstić information content (AvgIpc) is 2.82. The van der Waals surface area contributed by atoms with Gasteiger partial charge in [-0.15, -0.1) is 11.3 Å². The van der Waals surface area contributed by atoms with Gasteiger partial charge in [-0.05, 0) is 31.0 Å². The van der Waals surface area contributed by atoms with Crippen molar-refractivity contribution >= 4 is 11.3 Å². The highest BCUT2D eigenvalue weighted by Crippen LogP contribution is 2.15. The maximum atomic E-state index is 6.24. The molecule has 0 saturated carbocycles. The van der Waals surface area contributed by atoms with Gasteiger partial charge in [0.05, 0.1) is 0 Å². The van der Waals surface area contributed by atoms with E-state index < -0.39 is 0 Å². The van der Waals surface area contributed by atoms with Gasteiger partial charge in [0.1, 0.15) is 0 Å². The van der Waals surface area contributed by atoms with Gasteiger partial charge in [-0.3, -0.25) is 4.90 Å². The van der Waals surface area contributed by atoms with Crippen molar-refractivity contribution in [3.63, 3.8) is 0 Å². The number of rotatable bonds is 5. The lowest BCUT2D eigenvalue weighted by atomic mass is 10.1. The largest absolute Gasteiger partial charge is 0.323 e. The quantitative estimate of drug-likeness (QED) is 0.894. The number of likely N-dealkylation sites (N-methyl/N-ethyl adjacent to an activating group) is 1. The predicted octanol–water partition coefficient (Wildman–Crippen LogP) is 3.19. The SMILES string of the molecule is Cc1ccc(C(N)CN(C)Cc2cccs2)cc1. The minimum Gasteiger partial charge on any atom is -0.323 e. The van der Waals surface area contributed by atoms with Gasteiger partial charge in [-0.25, -0.2) is 0 Å². The molecule has 1 aromatic heterocycles. The average molecular weight is 260 g/mol. The van der Waals surface area contributed by atoms with Crippen molar-refractivity contribution in [3.05, 3.63) is 57.8 Å². The monoisotopic (exact) mass is 260 g/mol. The summed E-state index contributed by atoms with van der Waals surface area (Å²) in [5.74, 6) is 0. The van der Waals surface area contributed by atoms with Crippen molar-refractivity contribution in [1.29, 1.82) is 0 Å². The Bertz CT molecular complexity index is 462. The molecule has 1 aromatic carbocycles. The lowest BCUT2D eigenvalue weighted by Gasteiger charge is -2.21. The van der Waals surface area contributed by atoms with Gasteiger partial charge in [0, 0.05) is 24.0 Å². The van der Waals surface area contributed by atoms with Gasteiger partial charge in [0.25, 0.3) is 0 Å². The molecule has 0 aliphatic heterocycles. The van der Waals surface area contributed by atoms with Gasteiger partial charge < -0.3 is 5.73 Å². The molecular formula is C15H20N2S. The number of thiophene rings is 1. The van der Waals surface area contributed by atoms with E-state index in [1.165, 1.54) is 16.0 Å². The number of nitrogens with two attached hydrogens (primary N) is 1. The topological polar surface area (TPSA) is 29.3 Å². The van der Waals surface area contributed by atoms with Crippen LogP contribution in [0.4, 0.5) is 0 Å². The van der Waals surface area contributed by atoms with Gasteiger partial charge in [0.15, 0.2) is 0 Å². The van der Waals surface area contributed by atoms with Crippen molar-refractivity contribution in [1.82, 2.24) is 4.90 Å². The molecule has 3 heteroatoms. The first-order chi connectivity index (χ1) is 8.65. The Labute approximate surface area is 113 Å². The van der Waals surface area contributed by atoms with Crippen LogP contribution in [-0.4, -0.2) is 18.5 Å². The summed E-state index contributed by atoms with van der Waals surface area (Å²) >= 11 is 1.79. The summed E-state index contributed by atoms with van der Waals surface area (Å²) in [5, 5.41) is 2.11. The van der Waals surface area contributed by atoms with Crippen LogP contribution in [0.3, 0.4) is 0 Å². The molecule has 2 rings (SSSR count). The van der Waals surface area contributed by atoms with Crippen LogP contribution in [0.1, 0.15) is 22.0 Å². The van der Waals surface area contributed by atoms with E-state index in [9.17, 15) is 0 Å². The summed E-state index contributed by atoms with van der Waals surface area (Å²) in [5.41, 5.74) is 8.72. The number of nitrogens with zero attached hydrogens (tertiary/aromatic N) is 1. The minimum absolute atomic E-state index is 0.0792. The van der Waals surface area contributed by atoms with Gasteiger partial charge in [-0.1, -0.05) is 35.9 Å². The maximum absolute atomic E-state index is 6.24. The van der Waals surface area contributed by atoms with E-state index in [0.29, 0.717) is 0 Å². The van der Waals surface area contributed by atoms with Crippen molar-refractivity contribution in [2.24, 2.45) is 5.73 Å². The fraction of sp³-hybridized carbons (Fsp3) is 0.333. The standard InChI is InChI=1S/C15H20N2S/c1-12-5-7-13(8-6-12)15(16)11-17(2)10-14-4-3-9-18-14/h3-9,15H,10-11,16H2,1-2H3. The third kappa shape index (κ3) is 3.67. The number of hydrogen-bond acceptors (Lipinski definition) is 3. The molecule has 0 amide bonds. The van der Waals surface area contributed by atoms with Crippen LogP contribution in [0.2, 0.25) is 0 Å². The van der Waals surface area contributed by atoms with Crippen molar-refractivity contribution in [3.8, 4) is 0 Å². The molecule has 0 aliphatic rings. The molecule has 18 heavy (non-hydrogen) atoms. The fourth-order valence-electron chi connectivity index (χ4n) is 1.99. The molecule has 1 unspecified atom stereocenters. The highest BCUT2D eigenvalue weighted by Gasteiger charge is 2.09. The number of benzene rings is 1. The van der Waals surface area contributed by atoms with Gasteiger partial charge in [0.2, 0.25) is 0 Å². The molecular weight excluding hydrogens is 240 g/mol. The zero-order valence-electron chi connectivity index (χ0n) is 11.0. The molecule has 0 saturated heterocycles. The fourth-order valence-corrected chi connectivity index (χ4v) is 2.77. The normalized spacial score (nSPS) is 12.9. The molecule has 1 heterocycles. The second-order valence-corrected chi connectivity index (χ2v) is 5.83. The third-order valence-corrected chi connectivity index (χ3v) is 3.88. The Morgan fingerprint density at radius 2 is 1.94 bits per heavy atom. The Morgan fingerprint density at radius 3 is 2.56 bits per heavy atom. The molecule has 0 spiro atoms. The first-order valence-corrected chi connectivity index (χ1v) is 7.06. The molecule has 0 bridgehead atoms. The highest BCUT2D eigenvalue weighted by molar-refractivity contribution is 7.09. The number of aryl methyl sites for hydroxylation is 1. The Hall–Kier alpha value is -1.16. The summed E-state index contributed by atoms with van der Waals surface area (Å²) in [6, 6.07) is 12.8. The van der Waals surface area contributed by atoms with Crippen LogP contribution in [0.15, 0.2) is 41.8 Å². The molecule has 2 N–H and O–H groups in total.